The number of carboxylic acids is 1. The molecule has 4 atom stereocenters. The van der Waals surface area contributed by atoms with E-state index in [2.05, 4.69) is 0 Å². The maximum atomic E-state index is 12.3. The highest BCUT2D eigenvalue weighted by atomic mass is 32.2. The van der Waals surface area contributed by atoms with Crippen LogP contribution in [0, 0.1) is 17.2 Å². The number of nitrogens with zero attached hydrogens (tertiary/aromatic N) is 3. The van der Waals surface area contributed by atoms with Crippen molar-refractivity contribution in [3.63, 3.8) is 0 Å². The molecule has 0 spiro atoms. The number of nitrogens with one attached hydrogen (secondary N) is 1. The lowest BCUT2D eigenvalue weighted by atomic mass is 9.79. The summed E-state index contributed by atoms with van der Waals surface area (Å²) in [7, 11) is 3.30. The Balaban J connectivity index is 1.65. The number of carboxylic acid groups (broad SMARTS) is 1. The summed E-state index contributed by atoms with van der Waals surface area (Å²) in [6, 6.07) is -0.312. The van der Waals surface area contributed by atoms with E-state index in [4.69, 9.17) is 5.41 Å². The average Bonchev–Trinajstić information content (AvgIpc) is 2.78. The third-order valence-corrected chi connectivity index (χ3v) is 7.10. The van der Waals surface area contributed by atoms with Gasteiger partial charge < -0.3 is 24.9 Å². The Kier molecular flexibility index (Phi) is 5.46. The monoisotopic (exact) mass is 410 g/mol. The average molecular weight is 410 g/mol. The standard InChI is InChI=1S/C18H26N4O5S/c1-8-14-13(9(2)23)17(25)22(14)15(18(26)27)16(8)28-10-6-21(7-10)11(19)5-12(24)20(3)4/h8-10,13-14,19,23H,5-7H2,1-4H3,(H,26,27)/t8-,9-,13-,14-/m1/s1. The number of aliphatic hydroxyl groups excluding tert-OH is 1. The maximum absolute atomic E-state index is 12.3. The molecule has 0 aliphatic carbocycles. The van der Waals surface area contributed by atoms with Gasteiger partial charge in [0.1, 0.15) is 11.5 Å². The summed E-state index contributed by atoms with van der Waals surface area (Å²) >= 11 is 1.44. The van der Waals surface area contributed by atoms with Crippen LogP contribution in [0.2, 0.25) is 0 Å². The molecular formula is C18H26N4O5S. The molecule has 3 rings (SSSR count). The molecular weight excluding hydrogens is 384 g/mol. The van der Waals surface area contributed by atoms with Crippen LogP contribution in [0.25, 0.3) is 0 Å². The first-order chi connectivity index (χ1) is 13.0. The summed E-state index contributed by atoms with van der Waals surface area (Å²) < 4.78 is 0. The Morgan fingerprint density at radius 1 is 1.36 bits per heavy atom. The quantitative estimate of drug-likeness (QED) is 0.320. The smallest absolute Gasteiger partial charge is 0.353 e. The Morgan fingerprint density at radius 2 is 1.96 bits per heavy atom. The van der Waals surface area contributed by atoms with Gasteiger partial charge in [0.25, 0.3) is 0 Å². The van der Waals surface area contributed by atoms with E-state index in [0.717, 1.165) is 0 Å². The fraction of sp³-hybridized carbons (Fsp3) is 0.667. The highest BCUT2D eigenvalue weighted by molar-refractivity contribution is 8.03. The summed E-state index contributed by atoms with van der Waals surface area (Å²) in [6.45, 7) is 4.58. The number of aliphatic carboxylic acids is 1. The predicted molar refractivity (Wildman–Crippen MR) is 104 cm³/mol. The molecule has 0 aromatic carbocycles. The lowest BCUT2D eigenvalue weighted by Crippen LogP contribution is -2.63. The summed E-state index contributed by atoms with van der Waals surface area (Å²) in [6.07, 6.45) is -0.769. The second-order valence-corrected chi connectivity index (χ2v) is 9.17. The molecule has 0 saturated carbocycles. The van der Waals surface area contributed by atoms with Crippen LogP contribution < -0.4 is 0 Å². The van der Waals surface area contributed by atoms with Gasteiger partial charge in [-0.15, -0.1) is 11.8 Å². The zero-order valence-corrected chi connectivity index (χ0v) is 17.2. The normalized spacial score (nSPS) is 27.9. The zero-order valence-electron chi connectivity index (χ0n) is 16.4. The van der Waals surface area contributed by atoms with Crippen LogP contribution in [0.15, 0.2) is 10.6 Å². The van der Waals surface area contributed by atoms with Gasteiger partial charge in [-0.05, 0) is 6.92 Å². The Morgan fingerprint density at radius 3 is 2.46 bits per heavy atom. The van der Waals surface area contributed by atoms with E-state index < -0.39 is 18.0 Å². The maximum Gasteiger partial charge on any atom is 0.353 e. The minimum absolute atomic E-state index is 0.0284. The van der Waals surface area contributed by atoms with Crippen LogP contribution in [0.4, 0.5) is 0 Å². The van der Waals surface area contributed by atoms with Gasteiger partial charge in [-0.2, -0.15) is 0 Å². The van der Waals surface area contributed by atoms with Gasteiger partial charge in [0.05, 0.1) is 24.5 Å². The number of β-lactam (4-membered cyclic amide) rings is 1. The van der Waals surface area contributed by atoms with Crippen molar-refractivity contribution in [3.05, 3.63) is 10.6 Å². The molecule has 0 unspecified atom stereocenters. The third-order valence-electron chi connectivity index (χ3n) is 5.65. The first kappa shape index (κ1) is 20.7. The number of rotatable bonds is 6. The minimum atomic E-state index is -1.13. The first-order valence-corrected chi connectivity index (χ1v) is 10.1. The molecule has 2 saturated heterocycles. The number of carbonyl (C=O) groups is 3. The molecule has 10 heteroatoms. The van der Waals surface area contributed by atoms with Gasteiger partial charge in [-0.1, -0.05) is 6.92 Å². The van der Waals surface area contributed by atoms with E-state index in [9.17, 15) is 24.6 Å². The molecule has 0 aromatic rings. The van der Waals surface area contributed by atoms with Gasteiger partial charge in [0, 0.05) is 43.3 Å². The number of hydrogen-bond donors (Lipinski definition) is 3. The van der Waals surface area contributed by atoms with Crippen LogP contribution in [-0.4, -0.2) is 93.1 Å². The highest BCUT2D eigenvalue weighted by Crippen LogP contribution is 2.51. The fourth-order valence-corrected chi connectivity index (χ4v) is 5.52. The van der Waals surface area contributed by atoms with Crippen LogP contribution in [0.5, 0.6) is 0 Å². The summed E-state index contributed by atoms with van der Waals surface area (Å²) in [5.41, 5.74) is 0.0284. The van der Waals surface area contributed by atoms with Gasteiger partial charge in [0.15, 0.2) is 0 Å². The molecule has 28 heavy (non-hydrogen) atoms. The Bertz CT molecular complexity index is 759. The van der Waals surface area contributed by atoms with Crippen LogP contribution in [0.1, 0.15) is 20.3 Å². The van der Waals surface area contributed by atoms with Gasteiger partial charge in [0.2, 0.25) is 11.8 Å². The van der Waals surface area contributed by atoms with E-state index in [0.29, 0.717) is 18.0 Å². The predicted octanol–water partition coefficient (Wildman–Crippen LogP) is 0.0131. The zero-order chi connectivity index (χ0) is 20.9. The number of amidine groups is 1. The van der Waals surface area contributed by atoms with Crippen molar-refractivity contribution in [3.8, 4) is 0 Å². The highest BCUT2D eigenvalue weighted by Gasteiger charge is 2.60. The number of likely N-dealkylation sites (tertiary alicyclic amines) is 1. The van der Waals surface area contributed by atoms with E-state index in [1.54, 1.807) is 25.9 Å². The molecule has 2 fully saturated rings. The van der Waals surface area contributed by atoms with Crippen molar-refractivity contribution < 1.29 is 24.6 Å². The number of hydrogen-bond acceptors (Lipinski definition) is 6. The Labute approximate surface area is 167 Å². The molecule has 0 bridgehead atoms. The number of aliphatic hydroxyl groups is 1. The number of fused-ring (bicyclic) bond motifs is 1. The molecule has 3 heterocycles. The molecule has 154 valence electrons. The van der Waals surface area contributed by atoms with Gasteiger partial charge >= 0.3 is 5.97 Å². The summed E-state index contributed by atoms with van der Waals surface area (Å²) in [4.78, 5) is 41.1. The number of thioether (sulfide) groups is 1. The minimum Gasteiger partial charge on any atom is -0.477 e. The van der Waals surface area contributed by atoms with Crippen molar-refractivity contribution in [2.75, 3.05) is 27.2 Å². The van der Waals surface area contributed by atoms with Crippen molar-refractivity contribution >= 4 is 35.4 Å². The van der Waals surface area contributed by atoms with E-state index in [1.165, 1.54) is 21.6 Å². The SMILES string of the molecule is C[C@@H](O)[C@H]1C(=O)N2C(C(=O)O)=C(SC3CN(C(=N)CC(=O)N(C)C)C3)[C@H](C)[C@H]12. The van der Waals surface area contributed by atoms with Crippen LogP contribution in [0.3, 0.4) is 0 Å². The lowest BCUT2D eigenvalue weighted by Gasteiger charge is -2.46. The molecule has 3 aliphatic heterocycles. The van der Waals surface area contributed by atoms with E-state index >= 15 is 0 Å². The van der Waals surface area contributed by atoms with Crippen LogP contribution in [-0.2, 0) is 14.4 Å². The second kappa shape index (κ2) is 7.40. The van der Waals surface area contributed by atoms with Gasteiger partial charge in [-0.25, -0.2) is 4.79 Å². The van der Waals surface area contributed by atoms with Gasteiger partial charge in [-0.3, -0.25) is 15.0 Å². The molecule has 3 aliphatic rings. The Hall–Kier alpha value is -2.07. The topological polar surface area (TPSA) is 125 Å². The summed E-state index contributed by atoms with van der Waals surface area (Å²) in [5.74, 6) is -2.05. The molecule has 0 aromatic heterocycles. The second-order valence-electron chi connectivity index (χ2n) is 7.83. The molecule has 9 nitrogen and oxygen atoms in total. The summed E-state index contributed by atoms with van der Waals surface area (Å²) in [5, 5.41) is 27.7. The molecule has 0 radical (unpaired) electrons. The molecule has 2 amide bonds. The first-order valence-electron chi connectivity index (χ1n) is 9.22. The lowest BCUT2D eigenvalue weighted by molar-refractivity contribution is -0.163. The fourth-order valence-electron chi connectivity index (χ4n) is 4.00. The van der Waals surface area contributed by atoms with E-state index in [-0.39, 0.29) is 47.0 Å². The van der Waals surface area contributed by atoms with Crippen molar-refractivity contribution in [1.29, 1.82) is 5.41 Å². The largest absolute Gasteiger partial charge is 0.477 e. The number of amides is 2. The van der Waals surface area contributed by atoms with Crippen LogP contribution >= 0.6 is 11.8 Å². The van der Waals surface area contributed by atoms with Crippen molar-refractivity contribution in [2.24, 2.45) is 11.8 Å². The van der Waals surface area contributed by atoms with E-state index in [1.807, 2.05) is 6.92 Å². The number of carbonyl (C=O) groups excluding carboxylic acids is 2. The van der Waals surface area contributed by atoms with Crippen molar-refractivity contribution in [1.82, 2.24) is 14.7 Å². The third kappa shape index (κ3) is 3.28. The van der Waals surface area contributed by atoms with Crippen molar-refractivity contribution in [2.45, 2.75) is 37.7 Å². The molecule has 3 N–H and O–H groups in total.